The van der Waals surface area contributed by atoms with Crippen LogP contribution < -0.4 is 0 Å². The second-order valence-corrected chi connectivity index (χ2v) is 5.24. The highest BCUT2D eigenvalue weighted by atomic mass is 16.5. The van der Waals surface area contributed by atoms with Gasteiger partial charge in [0.15, 0.2) is 0 Å². The van der Waals surface area contributed by atoms with E-state index in [0.717, 1.165) is 12.5 Å². The van der Waals surface area contributed by atoms with E-state index >= 15 is 0 Å². The summed E-state index contributed by atoms with van der Waals surface area (Å²) in [5.74, 6) is 0.729. The van der Waals surface area contributed by atoms with Gasteiger partial charge in [-0.3, -0.25) is 0 Å². The third-order valence-electron chi connectivity index (χ3n) is 3.16. The molecule has 0 heterocycles. The molecule has 0 amide bonds. The number of unbranched alkanes of at least 4 members (excludes halogenated alkanes) is 4. The van der Waals surface area contributed by atoms with Crippen LogP contribution in [0.2, 0.25) is 0 Å². The van der Waals surface area contributed by atoms with Gasteiger partial charge in [-0.2, -0.15) is 0 Å². The summed E-state index contributed by atoms with van der Waals surface area (Å²) < 4.78 is 5.86. The number of rotatable bonds is 11. The third kappa shape index (κ3) is 10.5. The van der Waals surface area contributed by atoms with Crippen molar-refractivity contribution in [3.05, 3.63) is 0 Å². The Kier molecular flexibility index (Phi) is 11.4. The summed E-state index contributed by atoms with van der Waals surface area (Å²) in [7, 11) is 0. The predicted molar refractivity (Wildman–Crippen MR) is 72.9 cm³/mol. The van der Waals surface area contributed by atoms with E-state index in [4.69, 9.17) is 4.74 Å². The first-order valence-corrected chi connectivity index (χ1v) is 7.32. The highest BCUT2D eigenvalue weighted by Gasteiger charge is 2.05. The molecular weight excluding hydrogens is 196 g/mol. The summed E-state index contributed by atoms with van der Waals surface area (Å²) in [4.78, 5) is 0. The molecule has 0 spiro atoms. The number of ether oxygens (including phenoxy) is 1. The molecule has 0 aliphatic heterocycles. The zero-order valence-electron chi connectivity index (χ0n) is 11.9. The van der Waals surface area contributed by atoms with Crippen LogP contribution in [-0.4, -0.2) is 12.7 Å². The van der Waals surface area contributed by atoms with Crippen LogP contribution in [0.3, 0.4) is 0 Å². The van der Waals surface area contributed by atoms with Gasteiger partial charge in [0, 0.05) is 6.61 Å². The van der Waals surface area contributed by atoms with Gasteiger partial charge in [-0.25, -0.2) is 0 Å². The van der Waals surface area contributed by atoms with Gasteiger partial charge in [0.1, 0.15) is 0 Å². The lowest BCUT2D eigenvalue weighted by atomic mass is 10.1. The van der Waals surface area contributed by atoms with Gasteiger partial charge in [0.25, 0.3) is 0 Å². The fourth-order valence-corrected chi connectivity index (χ4v) is 2.02. The van der Waals surface area contributed by atoms with E-state index in [0.29, 0.717) is 6.10 Å². The smallest absolute Gasteiger partial charge is 0.0547 e. The minimum absolute atomic E-state index is 0.459. The predicted octanol–water partition coefficient (Wildman–Crippen LogP) is 5.19. The molecule has 0 saturated heterocycles. The zero-order chi connectivity index (χ0) is 12.2. The van der Waals surface area contributed by atoms with Gasteiger partial charge in [-0.05, 0) is 25.7 Å². The van der Waals surface area contributed by atoms with Crippen molar-refractivity contribution in [1.29, 1.82) is 0 Å². The fourth-order valence-electron chi connectivity index (χ4n) is 2.02. The first-order valence-electron chi connectivity index (χ1n) is 7.32. The molecular formula is C15H32O. The number of hydrogen-bond acceptors (Lipinski definition) is 1. The lowest BCUT2D eigenvalue weighted by molar-refractivity contribution is 0.0356. The van der Waals surface area contributed by atoms with Crippen molar-refractivity contribution in [1.82, 2.24) is 0 Å². The Labute approximate surface area is 103 Å². The molecule has 0 aromatic rings. The maximum Gasteiger partial charge on any atom is 0.0547 e. The maximum atomic E-state index is 5.86. The van der Waals surface area contributed by atoms with E-state index in [1.807, 2.05) is 0 Å². The van der Waals surface area contributed by atoms with Crippen molar-refractivity contribution < 1.29 is 4.74 Å². The highest BCUT2D eigenvalue weighted by Crippen LogP contribution is 2.11. The van der Waals surface area contributed by atoms with Crippen molar-refractivity contribution in [2.75, 3.05) is 6.61 Å². The van der Waals surface area contributed by atoms with Gasteiger partial charge in [0.2, 0.25) is 0 Å². The number of hydrogen-bond donors (Lipinski definition) is 0. The van der Waals surface area contributed by atoms with Crippen LogP contribution in [0, 0.1) is 5.92 Å². The maximum absolute atomic E-state index is 5.86. The first kappa shape index (κ1) is 16.0. The SMILES string of the molecule is CCCCCCCC(C)OCC(C)CCC. The van der Waals surface area contributed by atoms with E-state index in [-0.39, 0.29) is 0 Å². The molecule has 1 heteroatoms. The quantitative estimate of drug-likeness (QED) is 0.442. The average Bonchev–Trinajstić information content (AvgIpc) is 2.26. The van der Waals surface area contributed by atoms with E-state index in [9.17, 15) is 0 Å². The molecule has 0 rings (SSSR count). The van der Waals surface area contributed by atoms with Crippen molar-refractivity contribution in [3.8, 4) is 0 Å². The largest absolute Gasteiger partial charge is 0.378 e. The molecule has 0 aromatic carbocycles. The van der Waals surface area contributed by atoms with E-state index in [1.54, 1.807) is 0 Å². The van der Waals surface area contributed by atoms with Crippen molar-refractivity contribution in [3.63, 3.8) is 0 Å². The Morgan fingerprint density at radius 1 is 0.812 bits per heavy atom. The van der Waals surface area contributed by atoms with Crippen LogP contribution in [0.5, 0.6) is 0 Å². The third-order valence-corrected chi connectivity index (χ3v) is 3.16. The molecule has 2 unspecified atom stereocenters. The van der Waals surface area contributed by atoms with Gasteiger partial charge in [0.05, 0.1) is 6.10 Å². The molecule has 0 saturated carbocycles. The van der Waals surface area contributed by atoms with Crippen molar-refractivity contribution in [2.45, 2.75) is 85.2 Å². The van der Waals surface area contributed by atoms with Gasteiger partial charge < -0.3 is 4.74 Å². The van der Waals surface area contributed by atoms with Crippen LogP contribution in [0.1, 0.15) is 79.1 Å². The highest BCUT2D eigenvalue weighted by molar-refractivity contribution is 4.55. The lowest BCUT2D eigenvalue weighted by Crippen LogP contribution is -2.14. The normalized spacial score (nSPS) is 15.0. The van der Waals surface area contributed by atoms with Crippen molar-refractivity contribution in [2.24, 2.45) is 5.92 Å². The Bertz CT molecular complexity index is 133. The molecule has 0 aromatic heterocycles. The molecule has 0 bridgehead atoms. The van der Waals surface area contributed by atoms with Crippen LogP contribution >= 0.6 is 0 Å². The fraction of sp³-hybridized carbons (Fsp3) is 1.00. The molecule has 0 fully saturated rings. The monoisotopic (exact) mass is 228 g/mol. The Hall–Kier alpha value is -0.0400. The van der Waals surface area contributed by atoms with Crippen LogP contribution in [0.4, 0.5) is 0 Å². The Balaban J connectivity index is 3.27. The second kappa shape index (κ2) is 11.4. The van der Waals surface area contributed by atoms with Gasteiger partial charge in [-0.15, -0.1) is 0 Å². The molecule has 2 atom stereocenters. The van der Waals surface area contributed by atoms with Crippen molar-refractivity contribution >= 4 is 0 Å². The standard InChI is InChI=1S/C15H32O/c1-5-7-8-9-10-12-15(4)16-13-14(3)11-6-2/h14-15H,5-13H2,1-4H3. The lowest BCUT2D eigenvalue weighted by Gasteiger charge is -2.16. The van der Waals surface area contributed by atoms with Gasteiger partial charge >= 0.3 is 0 Å². The second-order valence-electron chi connectivity index (χ2n) is 5.24. The minimum Gasteiger partial charge on any atom is -0.378 e. The zero-order valence-corrected chi connectivity index (χ0v) is 11.9. The molecule has 98 valence electrons. The van der Waals surface area contributed by atoms with Crippen LogP contribution in [0.15, 0.2) is 0 Å². The summed E-state index contributed by atoms with van der Waals surface area (Å²) in [6.07, 6.45) is 11.1. The van der Waals surface area contributed by atoms with E-state index in [2.05, 4.69) is 27.7 Å². The van der Waals surface area contributed by atoms with E-state index in [1.165, 1.54) is 51.4 Å². The van der Waals surface area contributed by atoms with Crippen LogP contribution in [-0.2, 0) is 4.74 Å². The Morgan fingerprint density at radius 3 is 2.12 bits per heavy atom. The summed E-state index contributed by atoms with van der Waals surface area (Å²) in [6, 6.07) is 0. The first-order chi connectivity index (χ1) is 7.70. The van der Waals surface area contributed by atoms with Crippen LogP contribution in [0.25, 0.3) is 0 Å². The van der Waals surface area contributed by atoms with E-state index < -0.39 is 0 Å². The average molecular weight is 228 g/mol. The molecule has 0 aliphatic rings. The Morgan fingerprint density at radius 2 is 1.50 bits per heavy atom. The molecule has 16 heavy (non-hydrogen) atoms. The summed E-state index contributed by atoms with van der Waals surface area (Å²) in [5.41, 5.74) is 0. The summed E-state index contributed by atoms with van der Waals surface area (Å²) in [5, 5.41) is 0. The molecule has 1 nitrogen and oxygen atoms in total. The molecule has 0 aliphatic carbocycles. The summed E-state index contributed by atoms with van der Waals surface area (Å²) in [6.45, 7) is 9.97. The topological polar surface area (TPSA) is 9.23 Å². The molecule has 0 radical (unpaired) electrons. The molecule has 0 N–H and O–H groups in total. The summed E-state index contributed by atoms with van der Waals surface area (Å²) >= 11 is 0. The van der Waals surface area contributed by atoms with Gasteiger partial charge in [-0.1, -0.05) is 59.3 Å². The minimum atomic E-state index is 0.459.